The van der Waals surface area contributed by atoms with E-state index in [1.54, 1.807) is 0 Å². The van der Waals surface area contributed by atoms with Crippen molar-refractivity contribution >= 4 is 11.8 Å². The monoisotopic (exact) mass is 296 g/mol. The fourth-order valence-electron chi connectivity index (χ4n) is 2.67. The number of piperazine rings is 1. The van der Waals surface area contributed by atoms with Gasteiger partial charge in [0.25, 0.3) is 0 Å². The van der Waals surface area contributed by atoms with Crippen molar-refractivity contribution in [2.24, 2.45) is 5.41 Å². The molecule has 21 heavy (non-hydrogen) atoms. The minimum Gasteiger partial charge on any atom is -0.339 e. The predicted molar refractivity (Wildman–Crippen MR) is 86.0 cm³/mol. The molecular formula is C17H32N2O2. The van der Waals surface area contributed by atoms with Crippen molar-refractivity contribution in [1.82, 2.24) is 9.80 Å². The highest BCUT2D eigenvalue weighted by molar-refractivity contribution is 5.82. The molecule has 0 spiro atoms. The molecule has 122 valence electrons. The lowest BCUT2D eigenvalue weighted by Gasteiger charge is -2.37. The number of hydrogen-bond donors (Lipinski definition) is 0. The maximum Gasteiger partial charge on any atom is 0.228 e. The Balaban J connectivity index is 2.26. The van der Waals surface area contributed by atoms with Gasteiger partial charge in [-0.15, -0.1) is 0 Å². The first-order valence-electron chi connectivity index (χ1n) is 8.43. The molecule has 0 unspecified atom stereocenters. The molecule has 4 nitrogen and oxygen atoms in total. The highest BCUT2D eigenvalue weighted by atomic mass is 16.2. The third kappa shape index (κ3) is 6.06. The Morgan fingerprint density at radius 2 is 1.38 bits per heavy atom. The smallest absolute Gasteiger partial charge is 0.228 e. The zero-order valence-electron chi connectivity index (χ0n) is 14.3. The normalized spacial score (nSPS) is 16.2. The van der Waals surface area contributed by atoms with Crippen LogP contribution in [0, 0.1) is 5.41 Å². The molecule has 0 saturated carbocycles. The molecule has 0 bridgehead atoms. The molecule has 0 aromatic heterocycles. The number of unbranched alkanes of at least 4 members (excludes halogenated alkanes) is 4. The van der Waals surface area contributed by atoms with E-state index < -0.39 is 0 Å². The Morgan fingerprint density at radius 3 is 1.90 bits per heavy atom. The number of carbonyl (C=O) groups is 2. The minimum atomic E-state index is -0.328. The fraction of sp³-hybridized carbons (Fsp3) is 0.882. The Hall–Kier alpha value is -1.06. The first-order valence-corrected chi connectivity index (χ1v) is 8.43. The average Bonchev–Trinajstić information content (AvgIpc) is 2.45. The van der Waals surface area contributed by atoms with Gasteiger partial charge in [0.05, 0.1) is 0 Å². The summed E-state index contributed by atoms with van der Waals surface area (Å²) in [6.45, 7) is 10.8. The molecule has 0 aromatic rings. The summed E-state index contributed by atoms with van der Waals surface area (Å²) in [5.74, 6) is 0.448. The molecule has 2 amide bonds. The summed E-state index contributed by atoms with van der Waals surface area (Å²) in [6.07, 6.45) is 6.55. The molecule has 0 radical (unpaired) electrons. The molecule has 0 N–H and O–H groups in total. The van der Waals surface area contributed by atoms with Crippen molar-refractivity contribution in [2.45, 2.75) is 66.2 Å². The van der Waals surface area contributed by atoms with Crippen molar-refractivity contribution in [3.63, 3.8) is 0 Å². The van der Waals surface area contributed by atoms with Crippen LogP contribution in [0.25, 0.3) is 0 Å². The van der Waals surface area contributed by atoms with E-state index in [0.717, 1.165) is 12.8 Å². The van der Waals surface area contributed by atoms with Crippen molar-refractivity contribution in [3.8, 4) is 0 Å². The highest BCUT2D eigenvalue weighted by Gasteiger charge is 2.30. The van der Waals surface area contributed by atoms with E-state index in [4.69, 9.17) is 0 Å². The van der Waals surface area contributed by atoms with Crippen LogP contribution in [0.15, 0.2) is 0 Å². The average molecular weight is 296 g/mol. The first-order chi connectivity index (χ1) is 9.86. The van der Waals surface area contributed by atoms with E-state index in [-0.39, 0.29) is 17.2 Å². The van der Waals surface area contributed by atoms with Gasteiger partial charge in [-0.2, -0.15) is 0 Å². The topological polar surface area (TPSA) is 40.6 Å². The second kappa shape index (κ2) is 8.40. The molecule has 1 heterocycles. The highest BCUT2D eigenvalue weighted by Crippen LogP contribution is 2.19. The van der Waals surface area contributed by atoms with Crippen LogP contribution >= 0.6 is 0 Å². The molecule has 1 aliphatic rings. The van der Waals surface area contributed by atoms with Crippen molar-refractivity contribution < 1.29 is 9.59 Å². The fourth-order valence-corrected chi connectivity index (χ4v) is 2.67. The Labute approximate surface area is 129 Å². The van der Waals surface area contributed by atoms with Gasteiger partial charge in [-0.3, -0.25) is 9.59 Å². The van der Waals surface area contributed by atoms with Gasteiger partial charge < -0.3 is 9.80 Å². The van der Waals surface area contributed by atoms with Crippen molar-refractivity contribution in [1.29, 1.82) is 0 Å². The van der Waals surface area contributed by atoms with Gasteiger partial charge in [-0.25, -0.2) is 0 Å². The zero-order chi connectivity index (χ0) is 15.9. The summed E-state index contributed by atoms with van der Waals surface area (Å²) in [4.78, 5) is 28.1. The first kappa shape index (κ1) is 18.0. The van der Waals surface area contributed by atoms with E-state index in [2.05, 4.69) is 6.92 Å². The molecule has 1 fully saturated rings. The van der Waals surface area contributed by atoms with Crippen LogP contribution in [-0.4, -0.2) is 47.8 Å². The van der Waals surface area contributed by atoms with Crippen LogP contribution in [0.2, 0.25) is 0 Å². The largest absolute Gasteiger partial charge is 0.339 e. The number of nitrogens with zero attached hydrogens (tertiary/aromatic N) is 2. The third-order valence-corrected chi connectivity index (χ3v) is 4.06. The summed E-state index contributed by atoms with van der Waals surface area (Å²) in [7, 11) is 0. The Kier molecular flexibility index (Phi) is 7.20. The molecule has 1 aliphatic heterocycles. The second-order valence-corrected chi connectivity index (χ2v) is 7.09. The summed E-state index contributed by atoms with van der Waals surface area (Å²) in [5, 5.41) is 0. The van der Waals surface area contributed by atoms with E-state index in [1.165, 1.54) is 19.3 Å². The van der Waals surface area contributed by atoms with Crippen LogP contribution in [0.1, 0.15) is 66.2 Å². The van der Waals surface area contributed by atoms with E-state index in [1.807, 2.05) is 30.6 Å². The van der Waals surface area contributed by atoms with E-state index in [9.17, 15) is 9.59 Å². The quantitative estimate of drug-likeness (QED) is 0.707. The van der Waals surface area contributed by atoms with Crippen molar-refractivity contribution in [2.75, 3.05) is 26.2 Å². The molecule has 1 rings (SSSR count). The standard InChI is InChI=1S/C17H32N2O2/c1-5-6-7-8-9-10-15(20)18-11-13-19(14-12-18)16(21)17(2,3)4/h5-14H2,1-4H3. The van der Waals surface area contributed by atoms with Gasteiger partial charge in [0.15, 0.2) is 0 Å². The molecule has 4 heteroatoms. The maximum absolute atomic E-state index is 12.2. The van der Waals surface area contributed by atoms with Gasteiger partial charge in [-0.05, 0) is 6.42 Å². The van der Waals surface area contributed by atoms with Gasteiger partial charge in [0.1, 0.15) is 0 Å². The van der Waals surface area contributed by atoms with E-state index in [0.29, 0.717) is 32.6 Å². The minimum absolute atomic E-state index is 0.189. The van der Waals surface area contributed by atoms with Gasteiger partial charge >= 0.3 is 0 Å². The summed E-state index contributed by atoms with van der Waals surface area (Å²) >= 11 is 0. The molecule has 1 saturated heterocycles. The van der Waals surface area contributed by atoms with Gasteiger partial charge in [0, 0.05) is 38.0 Å². The number of amides is 2. The number of carbonyl (C=O) groups excluding carboxylic acids is 2. The number of rotatable bonds is 6. The van der Waals surface area contributed by atoms with Gasteiger partial charge in [-0.1, -0.05) is 53.4 Å². The summed E-state index contributed by atoms with van der Waals surface area (Å²) in [6, 6.07) is 0. The van der Waals surface area contributed by atoms with Gasteiger partial charge in [0.2, 0.25) is 11.8 Å². The van der Waals surface area contributed by atoms with Crippen LogP contribution in [0.4, 0.5) is 0 Å². The van der Waals surface area contributed by atoms with Crippen LogP contribution in [0.3, 0.4) is 0 Å². The lowest BCUT2D eigenvalue weighted by atomic mass is 9.94. The maximum atomic E-state index is 12.2. The van der Waals surface area contributed by atoms with E-state index >= 15 is 0 Å². The predicted octanol–water partition coefficient (Wildman–Crippen LogP) is 3.06. The lowest BCUT2D eigenvalue weighted by Crippen LogP contribution is -2.53. The molecular weight excluding hydrogens is 264 g/mol. The van der Waals surface area contributed by atoms with Crippen molar-refractivity contribution in [3.05, 3.63) is 0 Å². The molecule has 0 aliphatic carbocycles. The SMILES string of the molecule is CCCCCCCC(=O)N1CCN(C(=O)C(C)(C)C)CC1. The third-order valence-electron chi connectivity index (χ3n) is 4.06. The van der Waals surface area contributed by atoms with Crippen LogP contribution < -0.4 is 0 Å². The van der Waals surface area contributed by atoms with Crippen LogP contribution in [-0.2, 0) is 9.59 Å². The van der Waals surface area contributed by atoms with Crippen LogP contribution in [0.5, 0.6) is 0 Å². The zero-order valence-corrected chi connectivity index (χ0v) is 14.3. The number of hydrogen-bond acceptors (Lipinski definition) is 2. The summed E-state index contributed by atoms with van der Waals surface area (Å²) in [5.41, 5.74) is -0.328. The molecule has 0 atom stereocenters. The summed E-state index contributed by atoms with van der Waals surface area (Å²) < 4.78 is 0. The Morgan fingerprint density at radius 1 is 0.857 bits per heavy atom. The molecule has 0 aromatic carbocycles. The lowest BCUT2D eigenvalue weighted by molar-refractivity contribution is -0.145. The second-order valence-electron chi connectivity index (χ2n) is 7.09. The Bertz CT molecular complexity index is 339.